The molecule has 0 spiro atoms. The van der Waals surface area contributed by atoms with E-state index >= 15 is 0 Å². The Morgan fingerprint density at radius 3 is 2.75 bits per heavy atom. The van der Waals surface area contributed by atoms with Gasteiger partial charge in [0.25, 0.3) is 0 Å². The van der Waals surface area contributed by atoms with Crippen LogP contribution in [-0.4, -0.2) is 33.5 Å². The van der Waals surface area contributed by atoms with Crippen LogP contribution < -0.4 is 0 Å². The molecule has 0 unspecified atom stereocenters. The highest BCUT2D eigenvalue weighted by atomic mass is 16.3. The van der Waals surface area contributed by atoms with Crippen molar-refractivity contribution < 1.29 is 9.90 Å². The van der Waals surface area contributed by atoms with Gasteiger partial charge < -0.3 is 10.0 Å². The van der Waals surface area contributed by atoms with Crippen molar-refractivity contribution >= 4 is 5.91 Å². The number of benzene rings is 1. The van der Waals surface area contributed by atoms with Gasteiger partial charge in [0, 0.05) is 25.0 Å². The summed E-state index contributed by atoms with van der Waals surface area (Å²) in [5, 5.41) is 9.37. The lowest BCUT2D eigenvalue weighted by molar-refractivity contribution is -0.134. The third-order valence-corrected chi connectivity index (χ3v) is 4.73. The first-order valence-corrected chi connectivity index (χ1v) is 8.68. The summed E-state index contributed by atoms with van der Waals surface area (Å²) in [7, 11) is 0. The number of aryl methyl sites for hydroxylation is 1. The van der Waals surface area contributed by atoms with Crippen LogP contribution in [0.2, 0.25) is 0 Å². The molecule has 1 N–H and O–H groups in total. The Hall–Kier alpha value is -2.36. The van der Waals surface area contributed by atoms with Gasteiger partial charge in [-0.05, 0) is 61.4 Å². The molecule has 2 heterocycles. The molecule has 0 saturated carbocycles. The second-order valence-electron chi connectivity index (χ2n) is 6.48. The van der Waals surface area contributed by atoms with Gasteiger partial charge in [-0.2, -0.15) is 0 Å². The number of aromatic nitrogens is 1. The van der Waals surface area contributed by atoms with E-state index in [2.05, 4.69) is 9.88 Å². The molecule has 4 heteroatoms. The van der Waals surface area contributed by atoms with E-state index in [0.29, 0.717) is 18.2 Å². The minimum Gasteiger partial charge on any atom is -0.508 e. The summed E-state index contributed by atoms with van der Waals surface area (Å²) in [6.45, 7) is 0.860. The fourth-order valence-corrected chi connectivity index (χ4v) is 3.40. The fourth-order valence-electron chi connectivity index (χ4n) is 3.40. The molecule has 0 bridgehead atoms. The van der Waals surface area contributed by atoms with E-state index in [1.165, 1.54) is 12.0 Å². The number of phenols is 1. The lowest BCUT2D eigenvalue weighted by Gasteiger charge is -2.36. The molecule has 1 amide bonds. The van der Waals surface area contributed by atoms with Crippen LogP contribution in [0.15, 0.2) is 48.8 Å². The van der Waals surface area contributed by atoms with E-state index in [1.54, 1.807) is 24.5 Å². The SMILES string of the molecule is O=C(Cc1cccnc1)N1CCCC[C@H]1CCc1ccc(O)cc1. The van der Waals surface area contributed by atoms with Crippen LogP contribution >= 0.6 is 0 Å². The molecule has 2 aromatic rings. The molecular weight excluding hydrogens is 300 g/mol. The number of piperidine rings is 1. The molecule has 1 atom stereocenters. The number of carbonyl (C=O) groups excluding carboxylic acids is 1. The van der Waals surface area contributed by atoms with E-state index in [1.807, 2.05) is 24.3 Å². The third-order valence-electron chi connectivity index (χ3n) is 4.73. The zero-order chi connectivity index (χ0) is 16.8. The Kier molecular flexibility index (Phi) is 5.47. The molecule has 126 valence electrons. The number of phenolic OH excluding ortho intramolecular Hbond substituents is 1. The van der Waals surface area contributed by atoms with Crippen LogP contribution in [0.1, 0.15) is 36.8 Å². The van der Waals surface area contributed by atoms with E-state index in [9.17, 15) is 9.90 Å². The molecule has 24 heavy (non-hydrogen) atoms. The van der Waals surface area contributed by atoms with Gasteiger partial charge in [-0.1, -0.05) is 18.2 Å². The number of carbonyl (C=O) groups is 1. The van der Waals surface area contributed by atoms with E-state index in [0.717, 1.165) is 37.8 Å². The molecule has 0 radical (unpaired) electrons. The molecule has 3 rings (SSSR count). The number of hydrogen-bond donors (Lipinski definition) is 1. The highest BCUT2D eigenvalue weighted by Crippen LogP contribution is 2.23. The van der Waals surface area contributed by atoms with Gasteiger partial charge in [-0.3, -0.25) is 9.78 Å². The molecule has 1 aliphatic rings. The van der Waals surface area contributed by atoms with Crippen molar-refractivity contribution in [1.29, 1.82) is 0 Å². The van der Waals surface area contributed by atoms with E-state index in [4.69, 9.17) is 0 Å². The van der Waals surface area contributed by atoms with E-state index in [-0.39, 0.29) is 5.91 Å². The van der Waals surface area contributed by atoms with Crippen LogP contribution in [0.5, 0.6) is 5.75 Å². The lowest BCUT2D eigenvalue weighted by Crippen LogP contribution is -2.44. The molecule has 1 aromatic carbocycles. The number of aromatic hydroxyl groups is 1. The third kappa shape index (κ3) is 4.34. The lowest BCUT2D eigenvalue weighted by atomic mass is 9.95. The highest BCUT2D eigenvalue weighted by molar-refractivity contribution is 5.79. The maximum absolute atomic E-state index is 12.7. The summed E-state index contributed by atoms with van der Waals surface area (Å²) in [4.78, 5) is 18.9. The van der Waals surface area contributed by atoms with Crippen LogP contribution in [0.4, 0.5) is 0 Å². The minimum atomic E-state index is 0.207. The van der Waals surface area contributed by atoms with Crippen LogP contribution in [0.3, 0.4) is 0 Å². The summed E-state index contributed by atoms with van der Waals surface area (Å²) >= 11 is 0. The van der Waals surface area contributed by atoms with Gasteiger partial charge in [0.2, 0.25) is 5.91 Å². The monoisotopic (exact) mass is 324 g/mol. The molecular formula is C20H24N2O2. The molecule has 1 fully saturated rings. The van der Waals surface area contributed by atoms with Gasteiger partial charge in [0.05, 0.1) is 6.42 Å². The predicted octanol–water partition coefficient (Wildman–Crippen LogP) is 3.34. The standard InChI is InChI=1S/C20H24N2O2/c23-19-10-7-16(8-11-19)6-9-18-5-1-2-13-22(18)20(24)14-17-4-3-12-21-15-17/h3-4,7-8,10-12,15,18,23H,1-2,5-6,9,13-14H2/t18-/m0/s1. The van der Waals surface area contributed by atoms with Crippen molar-refractivity contribution in [2.24, 2.45) is 0 Å². The van der Waals surface area contributed by atoms with Crippen molar-refractivity contribution in [3.8, 4) is 5.75 Å². The Morgan fingerprint density at radius 1 is 1.17 bits per heavy atom. The summed E-state index contributed by atoms with van der Waals surface area (Å²) in [5.74, 6) is 0.503. The first-order chi connectivity index (χ1) is 11.7. The summed E-state index contributed by atoms with van der Waals surface area (Å²) < 4.78 is 0. The maximum atomic E-state index is 12.7. The first kappa shape index (κ1) is 16.5. The topological polar surface area (TPSA) is 53.4 Å². The smallest absolute Gasteiger partial charge is 0.227 e. The summed E-state index contributed by atoms with van der Waals surface area (Å²) in [5.41, 5.74) is 2.18. The highest BCUT2D eigenvalue weighted by Gasteiger charge is 2.26. The Balaban J connectivity index is 1.60. The van der Waals surface area contributed by atoms with Crippen LogP contribution in [0, 0.1) is 0 Å². The quantitative estimate of drug-likeness (QED) is 0.918. The minimum absolute atomic E-state index is 0.207. The van der Waals surface area contributed by atoms with Crippen molar-refractivity contribution in [3.05, 3.63) is 59.9 Å². The maximum Gasteiger partial charge on any atom is 0.227 e. The largest absolute Gasteiger partial charge is 0.508 e. The van der Waals surface area contributed by atoms with Gasteiger partial charge in [0.1, 0.15) is 5.75 Å². The second kappa shape index (κ2) is 7.95. The van der Waals surface area contributed by atoms with Gasteiger partial charge >= 0.3 is 0 Å². The normalized spacial score (nSPS) is 17.7. The second-order valence-corrected chi connectivity index (χ2v) is 6.48. The number of hydrogen-bond acceptors (Lipinski definition) is 3. The van der Waals surface area contributed by atoms with Gasteiger partial charge in [-0.25, -0.2) is 0 Å². The Bertz CT molecular complexity index is 655. The van der Waals surface area contributed by atoms with Crippen molar-refractivity contribution in [2.45, 2.75) is 44.6 Å². The average molecular weight is 324 g/mol. The Labute approximate surface area is 143 Å². The summed E-state index contributed by atoms with van der Waals surface area (Å²) in [6, 6.07) is 11.5. The number of pyridine rings is 1. The summed E-state index contributed by atoms with van der Waals surface area (Å²) in [6.07, 6.45) is 9.21. The average Bonchev–Trinajstić information content (AvgIpc) is 2.62. The first-order valence-electron chi connectivity index (χ1n) is 8.68. The zero-order valence-electron chi connectivity index (χ0n) is 13.9. The fraction of sp³-hybridized carbons (Fsp3) is 0.400. The van der Waals surface area contributed by atoms with Crippen LogP contribution in [0.25, 0.3) is 0 Å². The molecule has 1 saturated heterocycles. The van der Waals surface area contributed by atoms with Gasteiger partial charge in [0.15, 0.2) is 0 Å². The molecule has 0 aliphatic carbocycles. The number of amides is 1. The number of nitrogens with zero attached hydrogens (tertiary/aromatic N) is 2. The van der Waals surface area contributed by atoms with Gasteiger partial charge in [-0.15, -0.1) is 0 Å². The molecule has 1 aliphatic heterocycles. The molecule has 1 aromatic heterocycles. The number of rotatable bonds is 5. The predicted molar refractivity (Wildman–Crippen MR) is 93.7 cm³/mol. The van der Waals surface area contributed by atoms with Crippen LogP contribution in [-0.2, 0) is 17.6 Å². The van der Waals surface area contributed by atoms with Crippen molar-refractivity contribution in [2.75, 3.05) is 6.54 Å². The zero-order valence-corrected chi connectivity index (χ0v) is 13.9. The van der Waals surface area contributed by atoms with E-state index < -0.39 is 0 Å². The van der Waals surface area contributed by atoms with Crippen molar-refractivity contribution in [1.82, 2.24) is 9.88 Å². The molecule has 4 nitrogen and oxygen atoms in total. The number of likely N-dealkylation sites (tertiary alicyclic amines) is 1. The Morgan fingerprint density at radius 2 is 2.00 bits per heavy atom. The van der Waals surface area contributed by atoms with Crippen molar-refractivity contribution in [3.63, 3.8) is 0 Å².